The van der Waals surface area contributed by atoms with Crippen LogP contribution in [0.1, 0.15) is 21.6 Å². The maximum Gasteiger partial charge on any atom is 0.358 e. The van der Waals surface area contributed by atoms with Gasteiger partial charge in [-0.2, -0.15) is 0 Å². The third-order valence-electron chi connectivity index (χ3n) is 2.99. The van der Waals surface area contributed by atoms with Crippen LogP contribution in [0.3, 0.4) is 0 Å². The van der Waals surface area contributed by atoms with Crippen LogP contribution < -0.4 is 0 Å². The Labute approximate surface area is 116 Å². The highest BCUT2D eigenvalue weighted by atomic mass is 16.5. The maximum absolute atomic E-state index is 10.8. The molecule has 6 nitrogen and oxygen atoms in total. The second-order valence-corrected chi connectivity index (χ2v) is 4.88. The van der Waals surface area contributed by atoms with Crippen molar-refractivity contribution in [3.63, 3.8) is 0 Å². The molecule has 2 rings (SSSR count). The van der Waals surface area contributed by atoms with Gasteiger partial charge in [0.15, 0.2) is 11.5 Å². The van der Waals surface area contributed by atoms with E-state index in [-0.39, 0.29) is 17.2 Å². The molecule has 0 spiro atoms. The van der Waals surface area contributed by atoms with Crippen molar-refractivity contribution in [2.75, 3.05) is 14.1 Å². The van der Waals surface area contributed by atoms with Gasteiger partial charge in [-0.1, -0.05) is 11.2 Å². The second kappa shape index (κ2) is 5.34. The molecule has 20 heavy (non-hydrogen) atoms. The van der Waals surface area contributed by atoms with E-state index in [0.717, 1.165) is 11.1 Å². The Morgan fingerprint density at radius 2 is 2.10 bits per heavy atom. The minimum Gasteiger partial charge on any atom is -0.507 e. The molecule has 0 aliphatic rings. The Balaban J connectivity index is 2.48. The zero-order valence-corrected chi connectivity index (χ0v) is 11.5. The lowest BCUT2D eigenvalue weighted by molar-refractivity contribution is 0.0686. The number of hydrogen-bond donors (Lipinski definition) is 2. The average molecular weight is 276 g/mol. The van der Waals surface area contributed by atoms with Gasteiger partial charge in [-0.15, -0.1) is 0 Å². The summed E-state index contributed by atoms with van der Waals surface area (Å²) >= 11 is 0. The largest absolute Gasteiger partial charge is 0.507 e. The molecule has 0 saturated heterocycles. The minimum atomic E-state index is -1.17. The minimum absolute atomic E-state index is 0.0896. The molecular formula is C14H16N2O4. The number of carboxylic acids is 1. The molecule has 2 N–H and O–H groups in total. The normalized spacial score (nSPS) is 11.0. The summed E-state index contributed by atoms with van der Waals surface area (Å²) in [7, 11) is 3.81. The van der Waals surface area contributed by atoms with Gasteiger partial charge in [-0.05, 0) is 32.6 Å². The van der Waals surface area contributed by atoms with Gasteiger partial charge in [0.25, 0.3) is 0 Å². The highest BCUT2D eigenvalue weighted by Gasteiger charge is 2.18. The Morgan fingerprint density at radius 3 is 2.65 bits per heavy atom. The standard InChI is InChI=1S/C14H16N2O4/c1-8-4-5-9(13(17)10(8)7-16(2)3)12-6-11(14(18)19)15-20-12/h4-6,17H,7H2,1-3H3,(H,18,19). The fourth-order valence-corrected chi connectivity index (χ4v) is 1.95. The molecule has 0 fully saturated rings. The summed E-state index contributed by atoms with van der Waals surface area (Å²) in [6.07, 6.45) is 0. The number of hydrogen-bond acceptors (Lipinski definition) is 5. The summed E-state index contributed by atoms with van der Waals surface area (Å²) in [6.45, 7) is 2.48. The molecule has 6 heteroatoms. The van der Waals surface area contributed by atoms with Gasteiger partial charge < -0.3 is 19.6 Å². The molecule has 0 saturated carbocycles. The molecule has 0 aliphatic heterocycles. The van der Waals surface area contributed by atoms with E-state index < -0.39 is 5.97 Å². The first-order valence-corrected chi connectivity index (χ1v) is 6.06. The van der Waals surface area contributed by atoms with E-state index in [1.807, 2.05) is 32.0 Å². The number of carboxylic acid groups (broad SMARTS) is 1. The third-order valence-corrected chi connectivity index (χ3v) is 2.99. The van der Waals surface area contributed by atoms with Gasteiger partial charge in [-0.25, -0.2) is 4.79 Å². The van der Waals surface area contributed by atoms with Crippen molar-refractivity contribution in [2.45, 2.75) is 13.5 Å². The predicted molar refractivity (Wildman–Crippen MR) is 72.7 cm³/mol. The van der Waals surface area contributed by atoms with Crippen LogP contribution in [-0.2, 0) is 6.54 Å². The predicted octanol–water partition coefficient (Wildman–Crippen LogP) is 2.12. The number of aryl methyl sites for hydroxylation is 1. The third kappa shape index (κ3) is 2.65. The Morgan fingerprint density at radius 1 is 1.40 bits per heavy atom. The van der Waals surface area contributed by atoms with Crippen LogP contribution in [0, 0.1) is 6.92 Å². The smallest absolute Gasteiger partial charge is 0.358 e. The van der Waals surface area contributed by atoms with Crippen LogP contribution in [0.2, 0.25) is 0 Å². The maximum atomic E-state index is 10.8. The molecule has 0 atom stereocenters. The van der Waals surface area contributed by atoms with E-state index in [4.69, 9.17) is 9.63 Å². The lowest BCUT2D eigenvalue weighted by atomic mass is 10.0. The van der Waals surface area contributed by atoms with E-state index >= 15 is 0 Å². The van der Waals surface area contributed by atoms with Crippen LogP contribution in [-0.4, -0.2) is 40.3 Å². The van der Waals surface area contributed by atoms with Gasteiger partial charge in [0.2, 0.25) is 0 Å². The lowest BCUT2D eigenvalue weighted by Gasteiger charge is -2.15. The van der Waals surface area contributed by atoms with E-state index in [2.05, 4.69) is 5.16 Å². The topological polar surface area (TPSA) is 86.8 Å². The van der Waals surface area contributed by atoms with E-state index in [1.165, 1.54) is 6.07 Å². The molecule has 1 aromatic heterocycles. The number of nitrogens with zero attached hydrogens (tertiary/aromatic N) is 2. The first kappa shape index (κ1) is 14.1. The summed E-state index contributed by atoms with van der Waals surface area (Å²) in [5.41, 5.74) is 1.99. The van der Waals surface area contributed by atoms with E-state index in [9.17, 15) is 9.90 Å². The highest BCUT2D eigenvalue weighted by molar-refractivity contribution is 5.86. The summed E-state index contributed by atoms with van der Waals surface area (Å²) in [5.74, 6) is -0.841. The van der Waals surface area contributed by atoms with Crippen LogP contribution >= 0.6 is 0 Å². The number of carbonyl (C=O) groups is 1. The van der Waals surface area contributed by atoms with Crippen molar-refractivity contribution in [3.8, 4) is 17.1 Å². The molecule has 106 valence electrons. The van der Waals surface area contributed by atoms with Gasteiger partial charge in [-0.3, -0.25) is 0 Å². The second-order valence-electron chi connectivity index (χ2n) is 4.88. The number of aromatic nitrogens is 1. The zero-order valence-electron chi connectivity index (χ0n) is 11.5. The van der Waals surface area contributed by atoms with Crippen molar-refractivity contribution < 1.29 is 19.5 Å². The molecule has 0 radical (unpaired) electrons. The van der Waals surface area contributed by atoms with Gasteiger partial charge in [0.1, 0.15) is 5.75 Å². The van der Waals surface area contributed by atoms with Crippen molar-refractivity contribution in [1.82, 2.24) is 10.1 Å². The summed E-state index contributed by atoms with van der Waals surface area (Å²) in [4.78, 5) is 12.7. The Hall–Kier alpha value is -2.34. The summed E-state index contributed by atoms with van der Waals surface area (Å²) < 4.78 is 4.99. The summed E-state index contributed by atoms with van der Waals surface area (Å²) in [5, 5.41) is 22.6. The van der Waals surface area contributed by atoms with E-state index in [0.29, 0.717) is 12.1 Å². The monoisotopic (exact) mass is 276 g/mol. The van der Waals surface area contributed by atoms with Crippen molar-refractivity contribution in [1.29, 1.82) is 0 Å². The molecule has 0 unspecified atom stereocenters. The molecule has 0 bridgehead atoms. The lowest BCUT2D eigenvalue weighted by Crippen LogP contribution is -2.12. The molecule has 0 aliphatic carbocycles. The molecule has 2 aromatic rings. The molecule has 1 heterocycles. The Bertz CT molecular complexity index is 647. The van der Waals surface area contributed by atoms with Crippen LogP contribution in [0.15, 0.2) is 22.7 Å². The average Bonchev–Trinajstić information content (AvgIpc) is 2.83. The van der Waals surface area contributed by atoms with Gasteiger partial charge >= 0.3 is 5.97 Å². The molecule has 1 aromatic carbocycles. The van der Waals surface area contributed by atoms with Gasteiger partial charge in [0, 0.05) is 18.2 Å². The number of phenols is 1. The van der Waals surface area contributed by atoms with Crippen molar-refractivity contribution in [2.24, 2.45) is 0 Å². The zero-order chi connectivity index (χ0) is 14.9. The number of phenolic OH excluding ortho intramolecular Hbond substituents is 1. The SMILES string of the molecule is Cc1ccc(-c2cc(C(=O)O)no2)c(O)c1CN(C)C. The first-order chi connectivity index (χ1) is 9.40. The Kier molecular flexibility index (Phi) is 3.76. The van der Waals surface area contributed by atoms with Crippen LogP contribution in [0.25, 0.3) is 11.3 Å². The fraction of sp³-hybridized carbons (Fsp3) is 0.286. The summed E-state index contributed by atoms with van der Waals surface area (Å²) in [6, 6.07) is 4.85. The highest BCUT2D eigenvalue weighted by Crippen LogP contribution is 2.34. The van der Waals surface area contributed by atoms with Gasteiger partial charge in [0.05, 0.1) is 5.56 Å². The first-order valence-electron chi connectivity index (χ1n) is 6.06. The van der Waals surface area contributed by atoms with Crippen LogP contribution in [0.5, 0.6) is 5.75 Å². The number of aromatic hydroxyl groups is 1. The number of aromatic carboxylic acids is 1. The quantitative estimate of drug-likeness (QED) is 0.889. The van der Waals surface area contributed by atoms with E-state index in [1.54, 1.807) is 6.07 Å². The fourth-order valence-electron chi connectivity index (χ4n) is 1.95. The molecular weight excluding hydrogens is 260 g/mol. The number of benzene rings is 1. The van der Waals surface area contributed by atoms with Crippen molar-refractivity contribution >= 4 is 5.97 Å². The van der Waals surface area contributed by atoms with Crippen LogP contribution in [0.4, 0.5) is 0 Å². The van der Waals surface area contributed by atoms with Crippen molar-refractivity contribution in [3.05, 3.63) is 35.0 Å². The molecule has 0 amide bonds. The number of rotatable bonds is 4.